The number of aromatic nitrogens is 3. The topological polar surface area (TPSA) is 70.4 Å². The number of hydrogen-bond donors (Lipinski definition) is 2. The third-order valence-electron chi connectivity index (χ3n) is 4.07. The van der Waals surface area contributed by atoms with Crippen LogP contribution in [0.15, 0.2) is 22.8 Å². The summed E-state index contributed by atoms with van der Waals surface area (Å²) < 4.78 is 1.83. The number of hydrogen-bond acceptors (Lipinski definition) is 5. The number of guanidine groups is 1. The average molecular weight is 505 g/mol. The Morgan fingerprint density at radius 2 is 2.07 bits per heavy atom. The average Bonchev–Trinajstić information content (AvgIpc) is 3.21. The van der Waals surface area contributed by atoms with E-state index < -0.39 is 0 Å². The lowest BCUT2D eigenvalue weighted by Crippen LogP contribution is -2.41. The van der Waals surface area contributed by atoms with Crippen LogP contribution in [0.1, 0.15) is 49.0 Å². The molecule has 2 aromatic rings. The van der Waals surface area contributed by atoms with E-state index in [-0.39, 0.29) is 30.0 Å². The Labute approximate surface area is 183 Å². The summed E-state index contributed by atoms with van der Waals surface area (Å²) in [6.07, 6.45) is 3.97. The summed E-state index contributed by atoms with van der Waals surface area (Å²) in [5.74, 6) is 1.26. The molecule has 2 rings (SSSR count). The highest BCUT2D eigenvalue weighted by Crippen LogP contribution is 2.18. The van der Waals surface area contributed by atoms with Gasteiger partial charge in [-0.15, -0.1) is 35.3 Å². The SMILES string of the molecule is CCNC(=NCc1nc(C(C)C)cs1)NCC(c1cnn(C)c1)N(C)C.I. The Morgan fingerprint density at radius 3 is 2.59 bits per heavy atom. The van der Waals surface area contributed by atoms with Gasteiger partial charge in [-0.05, 0) is 26.9 Å². The van der Waals surface area contributed by atoms with Gasteiger partial charge in [-0.2, -0.15) is 5.10 Å². The number of likely N-dealkylation sites (N-methyl/N-ethyl adjacent to an activating group) is 1. The molecule has 27 heavy (non-hydrogen) atoms. The Bertz CT molecular complexity index is 708. The van der Waals surface area contributed by atoms with Gasteiger partial charge >= 0.3 is 0 Å². The molecule has 0 radical (unpaired) electrons. The minimum absolute atomic E-state index is 0. The molecule has 0 aliphatic heterocycles. The lowest BCUT2D eigenvalue weighted by molar-refractivity contribution is 0.298. The molecule has 2 heterocycles. The van der Waals surface area contributed by atoms with Crippen LogP contribution in [0.3, 0.4) is 0 Å². The summed E-state index contributed by atoms with van der Waals surface area (Å²) in [4.78, 5) is 11.5. The first kappa shape index (κ1) is 23.8. The molecule has 152 valence electrons. The fourth-order valence-electron chi connectivity index (χ4n) is 2.56. The first-order valence-corrected chi connectivity index (χ1v) is 9.90. The maximum atomic E-state index is 4.69. The minimum atomic E-state index is 0. The highest BCUT2D eigenvalue weighted by molar-refractivity contribution is 14.0. The minimum Gasteiger partial charge on any atom is -0.357 e. The normalized spacial score (nSPS) is 13.0. The number of nitrogens with zero attached hydrogens (tertiary/aromatic N) is 5. The monoisotopic (exact) mass is 505 g/mol. The zero-order valence-corrected chi connectivity index (χ0v) is 20.2. The third kappa shape index (κ3) is 7.38. The Kier molecular flexibility index (Phi) is 10.2. The number of thiazole rings is 1. The second-order valence-electron chi connectivity index (χ2n) is 6.82. The van der Waals surface area contributed by atoms with E-state index in [0.717, 1.165) is 29.8 Å². The molecule has 1 unspecified atom stereocenters. The van der Waals surface area contributed by atoms with Crippen molar-refractivity contribution in [2.45, 2.75) is 39.3 Å². The van der Waals surface area contributed by atoms with Crippen LogP contribution < -0.4 is 10.6 Å². The standard InChI is InChI=1S/C18H31N7S.HI/c1-7-19-18(21-10-17-23-15(12-26-17)13(2)3)20-9-16(24(4)5)14-8-22-25(6)11-14;/h8,11-13,16H,7,9-10H2,1-6H3,(H2,19,20,21);1H. The van der Waals surface area contributed by atoms with Crippen molar-refractivity contribution >= 4 is 41.3 Å². The molecule has 0 aromatic carbocycles. The van der Waals surface area contributed by atoms with Crippen molar-refractivity contribution in [1.82, 2.24) is 30.3 Å². The summed E-state index contributed by atoms with van der Waals surface area (Å²) in [5, 5.41) is 14.2. The number of aliphatic imine (C=N–C) groups is 1. The van der Waals surface area contributed by atoms with Gasteiger partial charge in [0.2, 0.25) is 0 Å². The van der Waals surface area contributed by atoms with Gasteiger partial charge in [-0.3, -0.25) is 4.68 Å². The van der Waals surface area contributed by atoms with Gasteiger partial charge in [-0.25, -0.2) is 9.98 Å². The third-order valence-corrected chi connectivity index (χ3v) is 4.93. The molecule has 0 aliphatic rings. The van der Waals surface area contributed by atoms with Gasteiger partial charge in [0.15, 0.2) is 5.96 Å². The second-order valence-corrected chi connectivity index (χ2v) is 7.77. The van der Waals surface area contributed by atoms with Crippen LogP contribution >= 0.6 is 35.3 Å². The van der Waals surface area contributed by atoms with Gasteiger partial charge in [0.25, 0.3) is 0 Å². The molecule has 2 N–H and O–H groups in total. The van der Waals surface area contributed by atoms with E-state index in [4.69, 9.17) is 0 Å². The van der Waals surface area contributed by atoms with Gasteiger partial charge in [0.05, 0.1) is 24.5 Å². The van der Waals surface area contributed by atoms with Crippen LogP contribution in [-0.4, -0.2) is 52.8 Å². The maximum absolute atomic E-state index is 4.69. The van der Waals surface area contributed by atoms with Gasteiger partial charge in [0, 0.05) is 37.3 Å². The lowest BCUT2D eigenvalue weighted by Gasteiger charge is -2.24. The number of rotatable bonds is 8. The number of aryl methyl sites for hydroxylation is 1. The van der Waals surface area contributed by atoms with Crippen molar-refractivity contribution in [1.29, 1.82) is 0 Å². The van der Waals surface area contributed by atoms with Gasteiger partial charge in [0.1, 0.15) is 5.01 Å². The van der Waals surface area contributed by atoms with Crippen LogP contribution in [0.4, 0.5) is 0 Å². The molecule has 0 aliphatic carbocycles. The molecule has 1 atom stereocenters. The lowest BCUT2D eigenvalue weighted by atomic mass is 10.1. The molecule has 0 fully saturated rings. The first-order chi connectivity index (χ1) is 12.4. The number of halogens is 1. The quantitative estimate of drug-likeness (QED) is 0.328. The van der Waals surface area contributed by atoms with Crippen molar-refractivity contribution in [3.05, 3.63) is 34.0 Å². The Morgan fingerprint density at radius 1 is 1.33 bits per heavy atom. The van der Waals surface area contributed by atoms with Crippen molar-refractivity contribution < 1.29 is 0 Å². The van der Waals surface area contributed by atoms with Gasteiger partial charge < -0.3 is 15.5 Å². The summed E-state index contributed by atoms with van der Waals surface area (Å²) in [6.45, 7) is 8.55. The smallest absolute Gasteiger partial charge is 0.191 e. The molecule has 0 amide bonds. The maximum Gasteiger partial charge on any atom is 0.191 e. The van der Waals surface area contributed by atoms with Crippen molar-refractivity contribution in [2.24, 2.45) is 12.0 Å². The second kappa shape index (κ2) is 11.6. The van der Waals surface area contributed by atoms with Crippen LogP contribution in [0.2, 0.25) is 0 Å². The molecular formula is C18H32IN7S. The van der Waals surface area contributed by atoms with Crippen LogP contribution in [-0.2, 0) is 13.6 Å². The molecule has 0 saturated carbocycles. The van der Waals surface area contributed by atoms with E-state index in [2.05, 4.69) is 77.1 Å². The molecule has 7 nitrogen and oxygen atoms in total. The van der Waals surface area contributed by atoms with Gasteiger partial charge in [-0.1, -0.05) is 13.8 Å². The predicted octanol–water partition coefficient (Wildman–Crippen LogP) is 2.98. The molecule has 0 spiro atoms. The van der Waals surface area contributed by atoms with E-state index >= 15 is 0 Å². The zero-order chi connectivity index (χ0) is 19.1. The van der Waals surface area contributed by atoms with Crippen LogP contribution in [0.25, 0.3) is 0 Å². The molecule has 2 aromatic heterocycles. The number of nitrogens with one attached hydrogen (secondary N) is 2. The highest BCUT2D eigenvalue weighted by Gasteiger charge is 2.16. The van der Waals surface area contributed by atoms with Crippen molar-refractivity contribution in [2.75, 3.05) is 27.2 Å². The zero-order valence-electron chi connectivity index (χ0n) is 17.1. The highest BCUT2D eigenvalue weighted by atomic mass is 127. The molecule has 0 saturated heterocycles. The van der Waals surface area contributed by atoms with E-state index in [0.29, 0.717) is 12.5 Å². The molecule has 0 bridgehead atoms. The summed E-state index contributed by atoms with van der Waals surface area (Å²) in [6, 6.07) is 0.222. The Hall–Kier alpha value is -1.20. The summed E-state index contributed by atoms with van der Waals surface area (Å²) >= 11 is 1.67. The van der Waals surface area contributed by atoms with E-state index in [9.17, 15) is 0 Å². The molecular weight excluding hydrogens is 473 g/mol. The fraction of sp³-hybridized carbons (Fsp3) is 0.611. The van der Waals surface area contributed by atoms with Crippen LogP contribution in [0.5, 0.6) is 0 Å². The fourth-order valence-corrected chi connectivity index (χ4v) is 3.43. The molecule has 9 heteroatoms. The van der Waals surface area contributed by atoms with E-state index in [1.54, 1.807) is 11.3 Å². The van der Waals surface area contributed by atoms with Crippen LogP contribution in [0, 0.1) is 0 Å². The summed E-state index contributed by atoms with van der Waals surface area (Å²) in [5.41, 5.74) is 2.32. The van der Waals surface area contributed by atoms with Crippen molar-refractivity contribution in [3.8, 4) is 0 Å². The van der Waals surface area contributed by atoms with E-state index in [1.165, 1.54) is 5.56 Å². The first-order valence-electron chi connectivity index (χ1n) is 9.02. The van der Waals surface area contributed by atoms with Crippen molar-refractivity contribution in [3.63, 3.8) is 0 Å². The predicted molar refractivity (Wildman–Crippen MR) is 124 cm³/mol. The largest absolute Gasteiger partial charge is 0.357 e. The van der Waals surface area contributed by atoms with E-state index in [1.807, 2.05) is 17.9 Å². The summed E-state index contributed by atoms with van der Waals surface area (Å²) in [7, 11) is 6.09. The Balaban J connectivity index is 0.00000364.